The van der Waals surface area contributed by atoms with Gasteiger partial charge in [-0.3, -0.25) is 4.79 Å². The van der Waals surface area contributed by atoms with E-state index in [9.17, 15) is 4.79 Å². The van der Waals surface area contributed by atoms with Crippen molar-refractivity contribution in [2.24, 2.45) is 5.73 Å². The Morgan fingerprint density at radius 3 is 2.77 bits per heavy atom. The number of nitrogen functional groups attached to an aromatic ring is 1. The molecule has 0 radical (unpaired) electrons. The van der Waals surface area contributed by atoms with Crippen LogP contribution in [0.25, 0.3) is 0 Å². The first-order valence-electron chi connectivity index (χ1n) is 3.83. The molecular formula is C6H9N5O2. The third-order valence-corrected chi connectivity index (χ3v) is 2.02. The van der Waals surface area contributed by atoms with Gasteiger partial charge in [-0.15, -0.1) is 0 Å². The molecule has 70 valence electrons. The van der Waals surface area contributed by atoms with Crippen LogP contribution in [-0.2, 0) is 4.79 Å². The largest absolute Gasteiger partial charge is 0.390 e. The van der Waals surface area contributed by atoms with Gasteiger partial charge >= 0.3 is 12.0 Å². The molecule has 1 aliphatic rings. The summed E-state index contributed by atoms with van der Waals surface area (Å²) in [5.41, 5.74) is 10.4. The molecule has 1 atom stereocenters. The van der Waals surface area contributed by atoms with Crippen LogP contribution in [0, 0.1) is 0 Å². The Bertz CT molecular complexity index is 336. The van der Waals surface area contributed by atoms with Gasteiger partial charge in [0.05, 0.1) is 0 Å². The smallest absolute Gasteiger partial charge is 0.320 e. The van der Waals surface area contributed by atoms with Gasteiger partial charge in [0.25, 0.3) is 0 Å². The summed E-state index contributed by atoms with van der Waals surface area (Å²) in [7, 11) is 0. The Labute approximate surface area is 73.7 Å². The number of carbonyl (C=O) groups excluding carboxylic acids is 1. The fourth-order valence-corrected chi connectivity index (χ4v) is 1.25. The number of carbonyl (C=O) groups is 1. The lowest BCUT2D eigenvalue weighted by atomic mass is 10.0. The Balaban J connectivity index is 2.14. The molecule has 7 heteroatoms. The molecule has 0 spiro atoms. The molecule has 0 bridgehead atoms. The van der Waals surface area contributed by atoms with Crippen molar-refractivity contribution >= 4 is 17.9 Å². The fourth-order valence-electron chi connectivity index (χ4n) is 1.25. The van der Waals surface area contributed by atoms with Crippen LogP contribution in [0.5, 0.6) is 0 Å². The van der Waals surface area contributed by atoms with E-state index in [1.807, 2.05) is 0 Å². The number of amides is 1. The summed E-state index contributed by atoms with van der Waals surface area (Å²) >= 11 is 0. The Morgan fingerprint density at radius 1 is 1.62 bits per heavy atom. The maximum absolute atomic E-state index is 10.8. The van der Waals surface area contributed by atoms with Gasteiger partial charge in [0.1, 0.15) is 6.04 Å². The van der Waals surface area contributed by atoms with E-state index >= 15 is 0 Å². The Morgan fingerprint density at radius 2 is 2.38 bits per heavy atom. The van der Waals surface area contributed by atoms with E-state index in [1.54, 1.807) is 4.90 Å². The summed E-state index contributed by atoms with van der Waals surface area (Å²) in [6, 6.07) is -0.0856. The van der Waals surface area contributed by atoms with E-state index < -0.39 is 0 Å². The predicted molar refractivity (Wildman–Crippen MR) is 43.7 cm³/mol. The molecule has 0 saturated carbocycles. The summed E-state index contributed by atoms with van der Waals surface area (Å²) in [6.45, 7) is 0.690. The van der Waals surface area contributed by atoms with Crippen LogP contribution in [0.4, 0.5) is 12.0 Å². The zero-order valence-electron chi connectivity index (χ0n) is 6.80. The van der Waals surface area contributed by atoms with Crippen LogP contribution < -0.4 is 16.4 Å². The minimum atomic E-state index is -0.386. The van der Waals surface area contributed by atoms with Gasteiger partial charge in [-0.05, 0) is 6.42 Å². The van der Waals surface area contributed by atoms with E-state index in [4.69, 9.17) is 15.9 Å². The third-order valence-electron chi connectivity index (χ3n) is 2.02. The maximum Gasteiger partial charge on any atom is 0.320 e. The SMILES string of the molecule is NC(=O)C1CCN1c1nnc(N)o1. The molecule has 4 N–H and O–H groups in total. The lowest BCUT2D eigenvalue weighted by molar-refractivity contribution is -0.120. The van der Waals surface area contributed by atoms with Gasteiger partial charge in [0.15, 0.2) is 0 Å². The molecule has 0 aromatic carbocycles. The lowest BCUT2D eigenvalue weighted by Gasteiger charge is -2.36. The summed E-state index contributed by atoms with van der Waals surface area (Å²) in [5.74, 6) is -0.386. The molecule has 2 rings (SSSR count). The number of rotatable bonds is 2. The number of anilines is 2. The molecule has 1 amide bonds. The first-order chi connectivity index (χ1) is 6.18. The monoisotopic (exact) mass is 183 g/mol. The molecule has 1 fully saturated rings. The van der Waals surface area contributed by atoms with Crippen molar-refractivity contribution in [3.05, 3.63) is 0 Å². The first-order valence-corrected chi connectivity index (χ1v) is 3.83. The highest BCUT2D eigenvalue weighted by atomic mass is 16.4. The van der Waals surface area contributed by atoms with E-state index in [1.165, 1.54) is 0 Å². The van der Waals surface area contributed by atoms with E-state index in [0.29, 0.717) is 6.54 Å². The van der Waals surface area contributed by atoms with E-state index in [2.05, 4.69) is 10.2 Å². The van der Waals surface area contributed by atoms with Gasteiger partial charge < -0.3 is 20.8 Å². The van der Waals surface area contributed by atoms with Crippen LogP contribution >= 0.6 is 0 Å². The summed E-state index contributed by atoms with van der Waals surface area (Å²) < 4.78 is 4.94. The number of nitrogens with zero attached hydrogens (tertiary/aromatic N) is 3. The van der Waals surface area contributed by atoms with Crippen molar-refractivity contribution in [3.63, 3.8) is 0 Å². The average Bonchev–Trinajstić information content (AvgIpc) is 2.32. The Hall–Kier alpha value is -1.79. The van der Waals surface area contributed by atoms with E-state index in [0.717, 1.165) is 6.42 Å². The topological polar surface area (TPSA) is 111 Å². The average molecular weight is 183 g/mol. The fraction of sp³-hybridized carbons (Fsp3) is 0.500. The van der Waals surface area contributed by atoms with Crippen molar-refractivity contribution in [2.45, 2.75) is 12.5 Å². The summed E-state index contributed by atoms with van der Waals surface area (Å²) in [6.07, 6.45) is 0.720. The van der Waals surface area contributed by atoms with Crippen LogP contribution in [0.15, 0.2) is 4.42 Å². The molecule has 1 aromatic heterocycles. The van der Waals surface area contributed by atoms with Crippen molar-refractivity contribution < 1.29 is 9.21 Å². The maximum atomic E-state index is 10.8. The lowest BCUT2D eigenvalue weighted by Crippen LogP contribution is -2.55. The molecule has 13 heavy (non-hydrogen) atoms. The standard InChI is InChI=1S/C6H9N5O2/c7-4(12)3-1-2-11(3)6-10-9-5(8)13-6/h3H,1-2H2,(H2,7,12)(H2,8,9). The highest BCUT2D eigenvalue weighted by Gasteiger charge is 2.35. The number of primary amides is 1. The molecular weight excluding hydrogens is 174 g/mol. The van der Waals surface area contributed by atoms with Crippen LogP contribution in [0.1, 0.15) is 6.42 Å². The van der Waals surface area contributed by atoms with Gasteiger partial charge in [-0.2, -0.15) is 0 Å². The number of hydrogen-bond donors (Lipinski definition) is 2. The van der Waals surface area contributed by atoms with Crippen LogP contribution in [-0.4, -0.2) is 28.7 Å². The number of nitrogens with two attached hydrogens (primary N) is 2. The van der Waals surface area contributed by atoms with Crippen molar-refractivity contribution in [2.75, 3.05) is 17.2 Å². The van der Waals surface area contributed by atoms with Crippen molar-refractivity contribution in [1.82, 2.24) is 10.2 Å². The molecule has 1 aromatic rings. The van der Waals surface area contributed by atoms with Crippen molar-refractivity contribution in [1.29, 1.82) is 0 Å². The van der Waals surface area contributed by atoms with Crippen molar-refractivity contribution in [3.8, 4) is 0 Å². The Kier molecular flexibility index (Phi) is 1.57. The van der Waals surface area contributed by atoms with Gasteiger partial charge in [0, 0.05) is 6.54 Å². The molecule has 1 aliphatic heterocycles. The highest BCUT2D eigenvalue weighted by Crippen LogP contribution is 2.25. The van der Waals surface area contributed by atoms with E-state index in [-0.39, 0.29) is 24.0 Å². The molecule has 1 unspecified atom stereocenters. The predicted octanol–water partition coefficient (Wildman–Crippen LogP) is -1.28. The van der Waals surface area contributed by atoms with Crippen LogP contribution in [0.3, 0.4) is 0 Å². The minimum Gasteiger partial charge on any atom is -0.390 e. The normalized spacial score (nSPS) is 21.2. The van der Waals surface area contributed by atoms with Gasteiger partial charge in [-0.1, -0.05) is 10.2 Å². The molecule has 7 nitrogen and oxygen atoms in total. The first kappa shape index (κ1) is 7.84. The molecule has 2 heterocycles. The quantitative estimate of drug-likeness (QED) is 0.590. The molecule has 0 aliphatic carbocycles. The summed E-state index contributed by atoms with van der Waals surface area (Å²) in [4.78, 5) is 12.5. The zero-order chi connectivity index (χ0) is 9.42. The minimum absolute atomic E-state index is 0.00915. The summed E-state index contributed by atoms with van der Waals surface area (Å²) in [5, 5.41) is 7.13. The van der Waals surface area contributed by atoms with Crippen LogP contribution in [0.2, 0.25) is 0 Å². The second kappa shape index (κ2) is 2.61. The van der Waals surface area contributed by atoms with Gasteiger partial charge in [0.2, 0.25) is 5.91 Å². The highest BCUT2D eigenvalue weighted by molar-refractivity contribution is 5.84. The molecule has 1 saturated heterocycles. The number of aromatic nitrogens is 2. The zero-order valence-corrected chi connectivity index (χ0v) is 6.80. The second-order valence-electron chi connectivity index (χ2n) is 2.82. The third kappa shape index (κ3) is 1.17. The van der Waals surface area contributed by atoms with Gasteiger partial charge in [-0.25, -0.2) is 0 Å². The second-order valence-corrected chi connectivity index (χ2v) is 2.82. The number of hydrogen-bond acceptors (Lipinski definition) is 6.